The molecule has 0 aliphatic carbocycles. The van der Waals surface area contributed by atoms with E-state index in [2.05, 4.69) is 13.8 Å². The number of ether oxygens (including phenoxy) is 3. The number of hydrogen-bond acceptors (Lipinski definition) is 3. The van der Waals surface area contributed by atoms with Crippen LogP contribution in [0.1, 0.15) is 89.9 Å². The summed E-state index contributed by atoms with van der Waals surface area (Å²) in [4.78, 5) is 0. The molecular weight excluding hydrogens is 434 g/mol. The largest absolute Gasteiger partial charge is 0.490 e. The molecule has 0 aromatic heterocycles. The van der Waals surface area contributed by atoms with Gasteiger partial charge in [-0.1, -0.05) is 89.5 Å². The molecule has 3 rings (SSSR count). The predicted molar refractivity (Wildman–Crippen MR) is 133 cm³/mol. The van der Waals surface area contributed by atoms with Crippen LogP contribution in [-0.4, -0.2) is 19.8 Å². The van der Waals surface area contributed by atoms with Crippen LogP contribution in [0.2, 0.25) is 0 Å². The van der Waals surface area contributed by atoms with Crippen LogP contribution in [0.25, 0.3) is 11.1 Å². The Morgan fingerprint density at radius 2 is 1.41 bits per heavy atom. The van der Waals surface area contributed by atoms with Gasteiger partial charge in [0, 0.05) is 17.0 Å². The summed E-state index contributed by atoms with van der Waals surface area (Å²) in [7, 11) is 0. The third-order valence-electron chi connectivity index (χ3n) is 6.48. The third-order valence-corrected chi connectivity index (χ3v) is 6.48. The van der Waals surface area contributed by atoms with Crippen LogP contribution >= 0.6 is 0 Å². The van der Waals surface area contributed by atoms with Crippen molar-refractivity contribution < 1.29 is 23.0 Å². The van der Waals surface area contributed by atoms with Crippen molar-refractivity contribution in [2.75, 3.05) is 19.8 Å². The van der Waals surface area contributed by atoms with E-state index in [1.54, 1.807) is 18.2 Å². The Balaban J connectivity index is 1.51. The zero-order chi connectivity index (χ0) is 24.2. The summed E-state index contributed by atoms with van der Waals surface area (Å²) in [6.45, 7) is 6.17. The molecule has 0 atom stereocenters. The smallest absolute Gasteiger partial charge is 0.201 e. The molecule has 5 heteroatoms. The minimum absolute atomic E-state index is 0.0241. The van der Waals surface area contributed by atoms with E-state index < -0.39 is 17.9 Å². The van der Waals surface area contributed by atoms with Gasteiger partial charge in [-0.25, -0.2) is 4.39 Å². The molecule has 188 valence electrons. The number of halogens is 2. The molecule has 0 spiro atoms. The average molecular weight is 475 g/mol. The zero-order valence-corrected chi connectivity index (χ0v) is 20.8. The van der Waals surface area contributed by atoms with Crippen molar-refractivity contribution in [3.8, 4) is 16.9 Å². The van der Waals surface area contributed by atoms with Gasteiger partial charge in [-0.15, -0.1) is 0 Å². The summed E-state index contributed by atoms with van der Waals surface area (Å²) in [5.41, 5.74) is 1.71. The Hall–Kier alpha value is -1.98. The molecule has 2 aromatic carbocycles. The fourth-order valence-corrected chi connectivity index (χ4v) is 4.34. The lowest BCUT2D eigenvalue weighted by Gasteiger charge is -2.29. The van der Waals surface area contributed by atoms with Gasteiger partial charge in [0.2, 0.25) is 5.82 Å². The van der Waals surface area contributed by atoms with E-state index in [0.29, 0.717) is 31.3 Å². The van der Waals surface area contributed by atoms with Crippen LogP contribution in [0.3, 0.4) is 0 Å². The highest BCUT2D eigenvalue weighted by atomic mass is 19.2. The summed E-state index contributed by atoms with van der Waals surface area (Å²) in [5.74, 6) is -1.39. The van der Waals surface area contributed by atoms with Crippen molar-refractivity contribution in [1.29, 1.82) is 0 Å². The summed E-state index contributed by atoms with van der Waals surface area (Å²) < 4.78 is 46.7. The first-order valence-corrected chi connectivity index (χ1v) is 13.1. The van der Waals surface area contributed by atoms with E-state index in [-0.39, 0.29) is 11.3 Å². The molecule has 1 heterocycles. The highest BCUT2D eigenvalue weighted by Crippen LogP contribution is 2.32. The summed E-state index contributed by atoms with van der Waals surface area (Å²) in [6.07, 6.45) is 11.1. The maximum Gasteiger partial charge on any atom is 0.201 e. The molecule has 3 nitrogen and oxygen atoms in total. The molecule has 0 bridgehead atoms. The molecular formula is C29H40F2O3. The first kappa shape index (κ1) is 26.6. The van der Waals surface area contributed by atoms with Crippen LogP contribution < -0.4 is 4.74 Å². The van der Waals surface area contributed by atoms with Gasteiger partial charge in [0.15, 0.2) is 17.9 Å². The quantitative estimate of drug-likeness (QED) is 0.257. The molecule has 2 aromatic rings. The van der Waals surface area contributed by atoms with E-state index in [1.807, 2.05) is 12.1 Å². The van der Waals surface area contributed by atoms with Gasteiger partial charge in [0.25, 0.3) is 0 Å². The summed E-state index contributed by atoms with van der Waals surface area (Å²) in [5, 5.41) is 0. The zero-order valence-electron chi connectivity index (χ0n) is 20.8. The highest BCUT2D eigenvalue weighted by molar-refractivity contribution is 5.65. The Labute approximate surface area is 203 Å². The van der Waals surface area contributed by atoms with Crippen molar-refractivity contribution in [3.05, 3.63) is 53.6 Å². The van der Waals surface area contributed by atoms with E-state index >= 15 is 0 Å². The van der Waals surface area contributed by atoms with Crippen LogP contribution in [0.15, 0.2) is 36.4 Å². The van der Waals surface area contributed by atoms with Crippen LogP contribution in [0.4, 0.5) is 8.78 Å². The van der Waals surface area contributed by atoms with Gasteiger partial charge < -0.3 is 14.2 Å². The Morgan fingerprint density at radius 3 is 2.12 bits per heavy atom. The third kappa shape index (κ3) is 7.78. The minimum Gasteiger partial charge on any atom is -0.490 e. The number of hydrogen-bond donors (Lipinski definition) is 0. The fourth-order valence-electron chi connectivity index (χ4n) is 4.34. The van der Waals surface area contributed by atoms with Gasteiger partial charge in [-0.3, -0.25) is 0 Å². The van der Waals surface area contributed by atoms with E-state index in [4.69, 9.17) is 14.2 Å². The Kier molecular flexibility index (Phi) is 11.3. The van der Waals surface area contributed by atoms with Crippen molar-refractivity contribution in [2.45, 2.75) is 84.3 Å². The molecule has 0 amide bonds. The molecule has 0 saturated carbocycles. The van der Waals surface area contributed by atoms with E-state index in [0.717, 1.165) is 31.2 Å². The lowest BCUT2D eigenvalue weighted by molar-refractivity contribution is -0.206. The van der Waals surface area contributed by atoms with Gasteiger partial charge in [0.1, 0.15) is 0 Å². The SMILES string of the molecule is CCCCCCCCOc1ccc(-c2ccc(C3OCC(CCCCC)CO3)cc2)c(F)c1F. The number of unbranched alkanes of at least 4 members (excludes halogenated alkanes) is 7. The molecule has 1 fully saturated rings. The molecule has 1 aliphatic heterocycles. The molecule has 1 aliphatic rings. The van der Waals surface area contributed by atoms with Crippen LogP contribution in [-0.2, 0) is 9.47 Å². The fraction of sp³-hybridized carbons (Fsp3) is 0.586. The van der Waals surface area contributed by atoms with Gasteiger partial charge in [-0.2, -0.15) is 4.39 Å². The topological polar surface area (TPSA) is 27.7 Å². The van der Waals surface area contributed by atoms with E-state index in [1.165, 1.54) is 44.6 Å². The Morgan fingerprint density at radius 1 is 0.765 bits per heavy atom. The number of benzene rings is 2. The van der Waals surface area contributed by atoms with Crippen molar-refractivity contribution in [3.63, 3.8) is 0 Å². The normalized spacial score (nSPS) is 18.2. The van der Waals surface area contributed by atoms with Crippen molar-refractivity contribution in [2.24, 2.45) is 5.92 Å². The van der Waals surface area contributed by atoms with Crippen molar-refractivity contribution >= 4 is 0 Å². The number of rotatable bonds is 14. The Bertz CT molecular complexity index is 845. The highest BCUT2D eigenvalue weighted by Gasteiger charge is 2.23. The standard InChI is InChI=1S/C29H40F2O3/c1-3-5-7-8-9-11-19-32-26-18-17-25(27(30)28(26)31)23-13-15-24(16-14-23)29-33-20-22(21-34-29)12-10-6-4-2/h13-18,22,29H,3-12,19-21H2,1-2H3. The molecule has 0 unspecified atom stereocenters. The molecule has 34 heavy (non-hydrogen) atoms. The second-order valence-electron chi connectivity index (χ2n) is 9.34. The van der Waals surface area contributed by atoms with Gasteiger partial charge >= 0.3 is 0 Å². The molecule has 1 saturated heterocycles. The maximum absolute atomic E-state index is 14.8. The van der Waals surface area contributed by atoms with Gasteiger partial charge in [0.05, 0.1) is 19.8 Å². The van der Waals surface area contributed by atoms with Crippen LogP contribution in [0.5, 0.6) is 5.75 Å². The summed E-state index contributed by atoms with van der Waals surface area (Å²) >= 11 is 0. The first-order chi connectivity index (χ1) is 16.6. The maximum atomic E-state index is 14.8. The lowest BCUT2D eigenvalue weighted by atomic mass is 10.0. The first-order valence-electron chi connectivity index (χ1n) is 13.1. The second-order valence-corrected chi connectivity index (χ2v) is 9.34. The monoisotopic (exact) mass is 474 g/mol. The van der Waals surface area contributed by atoms with Crippen molar-refractivity contribution in [1.82, 2.24) is 0 Å². The van der Waals surface area contributed by atoms with Gasteiger partial charge in [-0.05, 0) is 30.5 Å². The molecule has 0 N–H and O–H groups in total. The molecule has 0 radical (unpaired) electrons. The van der Waals surface area contributed by atoms with Crippen LogP contribution in [0, 0.1) is 17.6 Å². The lowest BCUT2D eigenvalue weighted by Crippen LogP contribution is -2.27. The minimum atomic E-state index is -0.930. The summed E-state index contributed by atoms with van der Waals surface area (Å²) in [6, 6.07) is 10.4. The predicted octanol–water partition coefficient (Wildman–Crippen LogP) is 8.61. The second kappa shape index (κ2) is 14.4. The average Bonchev–Trinajstić information content (AvgIpc) is 2.87. The van der Waals surface area contributed by atoms with E-state index in [9.17, 15) is 8.78 Å².